The van der Waals surface area contributed by atoms with Gasteiger partial charge in [0.2, 0.25) is 0 Å². The Kier molecular flexibility index (Phi) is 3.73. The summed E-state index contributed by atoms with van der Waals surface area (Å²) in [5.74, 6) is -0.184. The van der Waals surface area contributed by atoms with Crippen molar-refractivity contribution < 1.29 is 9.90 Å². The summed E-state index contributed by atoms with van der Waals surface area (Å²) in [6.45, 7) is 2.08. The summed E-state index contributed by atoms with van der Waals surface area (Å²) in [5.41, 5.74) is -0.0805. The van der Waals surface area contributed by atoms with Crippen LogP contribution in [-0.2, 0) is 0 Å². The average Bonchev–Trinajstić information content (AvgIpc) is 2.74. The Hall–Kier alpha value is -1.01. The van der Waals surface area contributed by atoms with Gasteiger partial charge in [-0.25, -0.2) is 0 Å². The van der Waals surface area contributed by atoms with Crippen molar-refractivity contribution in [2.24, 2.45) is 0 Å². The van der Waals surface area contributed by atoms with Crippen LogP contribution in [0.2, 0.25) is 0 Å². The Morgan fingerprint density at radius 3 is 2.76 bits per heavy atom. The van der Waals surface area contributed by atoms with Crippen molar-refractivity contribution in [3.63, 3.8) is 0 Å². The van der Waals surface area contributed by atoms with Crippen molar-refractivity contribution in [1.29, 1.82) is 0 Å². The van der Waals surface area contributed by atoms with E-state index in [-0.39, 0.29) is 5.91 Å². The fourth-order valence-corrected chi connectivity index (χ4v) is 2.72. The summed E-state index contributed by atoms with van der Waals surface area (Å²) >= 11 is 1.09. The first-order valence-corrected chi connectivity index (χ1v) is 6.68. The standard InChI is InChI=1S/C11H17N3O2S/c1-8-9(17-14-13-8)10(15)12-7-11(16)5-3-2-4-6-11/h16H,2-7H2,1H3,(H,12,15). The minimum absolute atomic E-state index is 0.184. The number of amides is 1. The zero-order chi connectivity index (χ0) is 12.3. The Morgan fingerprint density at radius 1 is 1.47 bits per heavy atom. The highest BCUT2D eigenvalue weighted by molar-refractivity contribution is 7.07. The summed E-state index contributed by atoms with van der Waals surface area (Å²) < 4.78 is 3.72. The average molecular weight is 255 g/mol. The molecule has 5 nitrogen and oxygen atoms in total. The summed E-state index contributed by atoms with van der Waals surface area (Å²) in [5, 5.41) is 16.8. The lowest BCUT2D eigenvalue weighted by Gasteiger charge is -2.31. The summed E-state index contributed by atoms with van der Waals surface area (Å²) in [7, 11) is 0. The normalized spacial score (nSPS) is 18.9. The molecular weight excluding hydrogens is 238 g/mol. The number of nitrogens with one attached hydrogen (secondary N) is 1. The third kappa shape index (κ3) is 3.01. The predicted octanol–water partition coefficient (Wildman–Crippen LogP) is 1.27. The van der Waals surface area contributed by atoms with Crippen molar-refractivity contribution >= 4 is 17.4 Å². The number of rotatable bonds is 3. The highest BCUT2D eigenvalue weighted by atomic mass is 32.1. The van der Waals surface area contributed by atoms with Gasteiger partial charge >= 0.3 is 0 Å². The second kappa shape index (κ2) is 5.10. The van der Waals surface area contributed by atoms with E-state index in [0.29, 0.717) is 17.1 Å². The van der Waals surface area contributed by atoms with E-state index in [0.717, 1.165) is 37.2 Å². The number of carbonyl (C=O) groups is 1. The van der Waals surface area contributed by atoms with Crippen molar-refractivity contribution in [2.45, 2.75) is 44.6 Å². The largest absolute Gasteiger partial charge is 0.388 e. The van der Waals surface area contributed by atoms with Gasteiger partial charge in [0.05, 0.1) is 11.3 Å². The van der Waals surface area contributed by atoms with Gasteiger partial charge in [0, 0.05) is 6.54 Å². The second-order valence-corrected chi connectivity index (χ2v) is 5.41. The first-order valence-electron chi connectivity index (χ1n) is 5.90. The summed E-state index contributed by atoms with van der Waals surface area (Å²) in [6, 6.07) is 0. The molecule has 0 unspecified atom stereocenters. The number of nitrogens with zero attached hydrogens (tertiary/aromatic N) is 2. The van der Waals surface area contributed by atoms with Crippen LogP contribution in [0.3, 0.4) is 0 Å². The molecule has 94 valence electrons. The Labute approximate surface area is 104 Å². The lowest BCUT2D eigenvalue weighted by molar-refractivity contribution is 0.00528. The zero-order valence-electron chi connectivity index (χ0n) is 9.90. The maximum absolute atomic E-state index is 11.8. The van der Waals surface area contributed by atoms with Crippen LogP contribution in [-0.4, -0.2) is 32.7 Å². The first kappa shape index (κ1) is 12.4. The highest BCUT2D eigenvalue weighted by Crippen LogP contribution is 2.27. The number of hydrogen-bond acceptors (Lipinski definition) is 5. The maximum atomic E-state index is 11.8. The van der Waals surface area contributed by atoms with Crippen LogP contribution in [0.15, 0.2) is 0 Å². The molecule has 1 heterocycles. The highest BCUT2D eigenvalue weighted by Gasteiger charge is 2.29. The van der Waals surface area contributed by atoms with Crippen LogP contribution in [0.5, 0.6) is 0 Å². The van der Waals surface area contributed by atoms with Crippen LogP contribution < -0.4 is 5.32 Å². The molecule has 0 bridgehead atoms. The van der Waals surface area contributed by atoms with Gasteiger partial charge in [-0.15, -0.1) is 5.10 Å². The molecule has 1 amide bonds. The van der Waals surface area contributed by atoms with Crippen molar-refractivity contribution in [3.8, 4) is 0 Å². The number of aromatic nitrogens is 2. The van der Waals surface area contributed by atoms with Gasteiger partial charge in [-0.1, -0.05) is 23.8 Å². The molecule has 0 spiro atoms. The van der Waals surface area contributed by atoms with Gasteiger partial charge in [0.15, 0.2) is 0 Å². The van der Waals surface area contributed by atoms with Crippen LogP contribution in [0.1, 0.15) is 47.5 Å². The van der Waals surface area contributed by atoms with Gasteiger partial charge in [0.1, 0.15) is 4.88 Å². The topological polar surface area (TPSA) is 75.1 Å². The summed E-state index contributed by atoms with van der Waals surface area (Å²) in [4.78, 5) is 12.4. The number of aliphatic hydroxyl groups is 1. The number of carbonyl (C=O) groups excluding carboxylic acids is 1. The van der Waals surface area contributed by atoms with E-state index >= 15 is 0 Å². The summed E-state index contributed by atoms with van der Waals surface area (Å²) in [6.07, 6.45) is 4.79. The van der Waals surface area contributed by atoms with Gasteiger partial charge in [-0.3, -0.25) is 4.79 Å². The van der Waals surface area contributed by atoms with Crippen LogP contribution in [0, 0.1) is 6.92 Å². The number of hydrogen-bond donors (Lipinski definition) is 2. The molecule has 1 fully saturated rings. The van der Waals surface area contributed by atoms with Gasteiger partial charge < -0.3 is 10.4 Å². The van der Waals surface area contributed by atoms with Gasteiger partial charge in [-0.05, 0) is 31.3 Å². The second-order valence-electron chi connectivity index (χ2n) is 4.66. The Morgan fingerprint density at radius 2 is 2.18 bits per heavy atom. The molecule has 17 heavy (non-hydrogen) atoms. The zero-order valence-corrected chi connectivity index (χ0v) is 10.7. The third-order valence-electron chi connectivity index (χ3n) is 3.22. The van der Waals surface area contributed by atoms with E-state index in [1.165, 1.54) is 6.42 Å². The fraction of sp³-hybridized carbons (Fsp3) is 0.727. The van der Waals surface area contributed by atoms with Crippen molar-refractivity contribution in [2.75, 3.05) is 6.54 Å². The van der Waals surface area contributed by atoms with Crippen LogP contribution >= 0.6 is 11.5 Å². The van der Waals surface area contributed by atoms with E-state index < -0.39 is 5.60 Å². The molecule has 6 heteroatoms. The molecule has 0 aliphatic heterocycles. The molecular formula is C11H17N3O2S. The molecule has 0 radical (unpaired) electrons. The van der Waals surface area contributed by atoms with E-state index in [9.17, 15) is 9.90 Å². The minimum atomic E-state index is -0.722. The van der Waals surface area contributed by atoms with Crippen molar-refractivity contribution in [3.05, 3.63) is 10.6 Å². The quantitative estimate of drug-likeness (QED) is 0.853. The molecule has 1 aliphatic rings. The smallest absolute Gasteiger partial charge is 0.265 e. The lowest BCUT2D eigenvalue weighted by Crippen LogP contribution is -2.44. The monoisotopic (exact) mass is 255 g/mol. The van der Waals surface area contributed by atoms with Crippen LogP contribution in [0.4, 0.5) is 0 Å². The Balaban J connectivity index is 1.90. The third-order valence-corrected chi connectivity index (χ3v) is 4.05. The molecule has 2 rings (SSSR count). The van der Waals surface area contributed by atoms with E-state index in [4.69, 9.17) is 0 Å². The molecule has 1 aliphatic carbocycles. The van der Waals surface area contributed by atoms with Crippen molar-refractivity contribution in [1.82, 2.24) is 14.9 Å². The fourth-order valence-electron chi connectivity index (χ4n) is 2.15. The first-order chi connectivity index (χ1) is 8.11. The molecule has 0 atom stereocenters. The van der Waals surface area contributed by atoms with Gasteiger partial charge in [-0.2, -0.15) is 0 Å². The molecule has 1 saturated carbocycles. The minimum Gasteiger partial charge on any atom is -0.388 e. The number of aryl methyl sites for hydroxylation is 1. The molecule has 0 saturated heterocycles. The maximum Gasteiger partial charge on any atom is 0.265 e. The van der Waals surface area contributed by atoms with E-state index in [1.54, 1.807) is 6.92 Å². The lowest BCUT2D eigenvalue weighted by atomic mass is 9.85. The van der Waals surface area contributed by atoms with Crippen LogP contribution in [0.25, 0.3) is 0 Å². The SMILES string of the molecule is Cc1nnsc1C(=O)NCC1(O)CCCCC1. The van der Waals surface area contributed by atoms with E-state index in [1.807, 2.05) is 0 Å². The molecule has 0 aromatic carbocycles. The predicted molar refractivity (Wildman–Crippen MR) is 65.0 cm³/mol. The van der Waals surface area contributed by atoms with Gasteiger partial charge in [0.25, 0.3) is 5.91 Å². The molecule has 1 aromatic rings. The van der Waals surface area contributed by atoms with E-state index in [2.05, 4.69) is 14.9 Å². The Bertz CT molecular complexity index is 399. The molecule has 2 N–H and O–H groups in total. The molecule has 1 aromatic heterocycles.